The Kier molecular flexibility index (Phi) is 3.06. The zero-order valence-corrected chi connectivity index (χ0v) is 12.8. The van der Waals surface area contributed by atoms with Crippen LogP contribution in [0.25, 0.3) is 0 Å². The standard InChI is InChI=1S/C17H14N2O5/c1-24-17(23)10-7-9-11-12(13(10)18-14(9)20)16(22)19(15(11)21)8-5-3-2-4-6-8/h2-7,9,11-13H,1H3,(H,18,20)/t9-,11+,12-,13-/m1/s1. The molecule has 2 fully saturated rings. The number of carbonyl (C=O) groups is 4. The second-order valence-electron chi connectivity index (χ2n) is 6.02. The van der Waals surface area contributed by atoms with Gasteiger partial charge >= 0.3 is 5.97 Å². The van der Waals surface area contributed by atoms with Gasteiger partial charge in [0, 0.05) is 0 Å². The third-order valence-corrected chi connectivity index (χ3v) is 4.87. The van der Waals surface area contributed by atoms with Crippen LogP contribution in [-0.2, 0) is 23.9 Å². The first-order valence-corrected chi connectivity index (χ1v) is 7.58. The highest BCUT2D eigenvalue weighted by molar-refractivity contribution is 6.24. The van der Waals surface area contributed by atoms with E-state index in [-0.39, 0.29) is 11.5 Å². The molecule has 0 aromatic heterocycles. The van der Waals surface area contributed by atoms with Crippen molar-refractivity contribution in [2.45, 2.75) is 6.04 Å². The number of methoxy groups -OCH3 is 1. The van der Waals surface area contributed by atoms with E-state index in [1.54, 1.807) is 30.3 Å². The Morgan fingerprint density at radius 3 is 2.42 bits per heavy atom. The lowest BCUT2D eigenvalue weighted by Gasteiger charge is -2.40. The number of nitrogens with zero attached hydrogens (tertiary/aromatic N) is 1. The summed E-state index contributed by atoms with van der Waals surface area (Å²) in [6.45, 7) is 0. The third kappa shape index (κ3) is 1.78. The van der Waals surface area contributed by atoms with Crippen LogP contribution in [0.15, 0.2) is 42.0 Å². The Morgan fingerprint density at radius 1 is 1.08 bits per heavy atom. The van der Waals surface area contributed by atoms with Crippen molar-refractivity contribution < 1.29 is 23.9 Å². The molecule has 1 N–H and O–H groups in total. The number of esters is 1. The number of ether oxygens (including phenoxy) is 1. The molecule has 0 unspecified atom stereocenters. The van der Waals surface area contributed by atoms with Gasteiger partial charge in [-0.3, -0.25) is 14.4 Å². The third-order valence-electron chi connectivity index (χ3n) is 4.87. The number of anilines is 1. The summed E-state index contributed by atoms with van der Waals surface area (Å²) in [5.74, 6) is -4.13. The fourth-order valence-electron chi connectivity index (χ4n) is 3.84. The minimum atomic E-state index is -0.834. The molecule has 0 saturated carbocycles. The van der Waals surface area contributed by atoms with Crippen LogP contribution in [-0.4, -0.2) is 36.8 Å². The van der Waals surface area contributed by atoms with E-state index in [2.05, 4.69) is 5.32 Å². The number of rotatable bonds is 2. The number of benzene rings is 1. The lowest BCUT2D eigenvalue weighted by Crippen LogP contribution is -2.60. The van der Waals surface area contributed by atoms with Crippen LogP contribution in [0, 0.1) is 17.8 Å². The Hall–Kier alpha value is -2.96. The second kappa shape index (κ2) is 5.02. The first kappa shape index (κ1) is 14.6. The number of hydrogen-bond acceptors (Lipinski definition) is 5. The average Bonchev–Trinajstić information content (AvgIpc) is 2.87. The van der Waals surface area contributed by atoms with Gasteiger partial charge in [-0.2, -0.15) is 0 Å². The molecule has 7 heteroatoms. The molecular weight excluding hydrogens is 312 g/mol. The highest BCUT2D eigenvalue weighted by Crippen LogP contribution is 2.46. The molecule has 1 aliphatic carbocycles. The predicted molar refractivity (Wildman–Crippen MR) is 81.4 cm³/mol. The molecular formula is C17H14N2O5. The van der Waals surface area contributed by atoms with Gasteiger partial charge in [-0.25, -0.2) is 9.69 Å². The normalized spacial score (nSPS) is 30.8. The van der Waals surface area contributed by atoms with Crippen LogP contribution in [0.1, 0.15) is 0 Å². The average molecular weight is 326 g/mol. The lowest BCUT2D eigenvalue weighted by atomic mass is 9.67. The number of para-hydroxylation sites is 1. The first-order chi connectivity index (χ1) is 11.5. The molecule has 2 saturated heterocycles. The second-order valence-corrected chi connectivity index (χ2v) is 6.02. The summed E-state index contributed by atoms with van der Waals surface area (Å²) >= 11 is 0. The fourth-order valence-corrected chi connectivity index (χ4v) is 3.84. The minimum Gasteiger partial charge on any atom is -0.466 e. The lowest BCUT2D eigenvalue weighted by molar-refractivity contribution is -0.141. The minimum absolute atomic E-state index is 0.236. The van der Waals surface area contributed by atoms with Crippen molar-refractivity contribution in [1.29, 1.82) is 0 Å². The summed E-state index contributed by atoms with van der Waals surface area (Å²) in [6.07, 6.45) is 1.47. The Morgan fingerprint density at radius 2 is 1.75 bits per heavy atom. The van der Waals surface area contributed by atoms with E-state index in [1.807, 2.05) is 0 Å². The maximum atomic E-state index is 12.9. The van der Waals surface area contributed by atoms with E-state index in [4.69, 9.17) is 4.74 Å². The van der Waals surface area contributed by atoms with Crippen LogP contribution in [0.2, 0.25) is 0 Å². The summed E-state index contributed by atoms with van der Waals surface area (Å²) in [5.41, 5.74) is 0.702. The van der Waals surface area contributed by atoms with Gasteiger partial charge < -0.3 is 10.1 Å². The Labute approximate surface area is 137 Å². The summed E-state index contributed by atoms with van der Waals surface area (Å²) in [4.78, 5) is 50.9. The molecule has 1 aromatic rings. The zero-order valence-electron chi connectivity index (χ0n) is 12.8. The van der Waals surface area contributed by atoms with Gasteiger partial charge in [-0.1, -0.05) is 24.3 Å². The van der Waals surface area contributed by atoms with E-state index in [1.165, 1.54) is 13.2 Å². The van der Waals surface area contributed by atoms with Crippen LogP contribution in [0.3, 0.4) is 0 Å². The van der Waals surface area contributed by atoms with Gasteiger partial charge in [0.1, 0.15) is 0 Å². The highest BCUT2D eigenvalue weighted by Gasteiger charge is 2.62. The van der Waals surface area contributed by atoms with Crippen molar-refractivity contribution >= 4 is 29.4 Å². The number of piperidine rings is 1. The molecule has 0 radical (unpaired) electrons. The maximum absolute atomic E-state index is 12.9. The summed E-state index contributed by atoms with van der Waals surface area (Å²) in [6, 6.07) is 7.75. The maximum Gasteiger partial charge on any atom is 0.335 e. The van der Waals surface area contributed by atoms with Gasteiger partial charge in [0.25, 0.3) is 0 Å². The van der Waals surface area contributed by atoms with Crippen LogP contribution in [0.5, 0.6) is 0 Å². The van der Waals surface area contributed by atoms with Gasteiger partial charge in [0.2, 0.25) is 17.7 Å². The van der Waals surface area contributed by atoms with Crippen LogP contribution in [0.4, 0.5) is 5.69 Å². The van der Waals surface area contributed by atoms with Gasteiger partial charge in [-0.05, 0) is 12.1 Å². The van der Waals surface area contributed by atoms with Crippen molar-refractivity contribution in [3.63, 3.8) is 0 Å². The number of amides is 3. The predicted octanol–water partition coefficient (Wildman–Crippen LogP) is 0.0198. The molecule has 0 spiro atoms. The van der Waals surface area contributed by atoms with Crippen molar-refractivity contribution in [3.05, 3.63) is 42.0 Å². The molecule has 4 atom stereocenters. The number of hydrogen-bond donors (Lipinski definition) is 1. The molecule has 1 aromatic carbocycles. The van der Waals surface area contributed by atoms with Crippen LogP contribution >= 0.6 is 0 Å². The molecule has 3 heterocycles. The quantitative estimate of drug-likeness (QED) is 0.611. The summed E-state index contributed by atoms with van der Waals surface area (Å²) < 4.78 is 4.73. The molecule has 2 bridgehead atoms. The van der Waals surface area contributed by atoms with E-state index >= 15 is 0 Å². The Balaban J connectivity index is 1.79. The topological polar surface area (TPSA) is 92.8 Å². The van der Waals surface area contributed by atoms with Gasteiger partial charge in [0.15, 0.2) is 0 Å². The highest BCUT2D eigenvalue weighted by atomic mass is 16.5. The van der Waals surface area contributed by atoms with E-state index in [0.29, 0.717) is 5.69 Å². The molecule has 7 nitrogen and oxygen atoms in total. The molecule has 24 heavy (non-hydrogen) atoms. The van der Waals surface area contributed by atoms with Crippen molar-refractivity contribution in [3.8, 4) is 0 Å². The van der Waals surface area contributed by atoms with Gasteiger partial charge in [-0.15, -0.1) is 0 Å². The van der Waals surface area contributed by atoms with E-state index < -0.39 is 41.6 Å². The zero-order chi connectivity index (χ0) is 17.0. The number of imide groups is 1. The Bertz CT molecular complexity index is 800. The summed E-state index contributed by atoms with van der Waals surface area (Å²) in [7, 11) is 1.24. The molecule has 3 amide bonds. The number of fused-ring (bicyclic) bond motifs is 1. The molecule has 5 rings (SSSR count). The van der Waals surface area contributed by atoms with E-state index in [0.717, 1.165) is 4.90 Å². The first-order valence-electron chi connectivity index (χ1n) is 7.58. The van der Waals surface area contributed by atoms with E-state index in [9.17, 15) is 19.2 Å². The van der Waals surface area contributed by atoms with Crippen LogP contribution < -0.4 is 10.2 Å². The SMILES string of the molecule is COC(=O)C1=C[C@H]2C(=O)N[C@H]1[C@@H]1C(=O)N(c3ccccc3)C(=O)[C@H]12. The molecule has 4 aliphatic rings. The summed E-state index contributed by atoms with van der Waals surface area (Å²) in [5, 5.41) is 2.67. The largest absolute Gasteiger partial charge is 0.466 e. The molecule has 122 valence electrons. The van der Waals surface area contributed by atoms with Crippen molar-refractivity contribution in [1.82, 2.24) is 5.32 Å². The monoisotopic (exact) mass is 326 g/mol. The van der Waals surface area contributed by atoms with Crippen molar-refractivity contribution in [2.75, 3.05) is 12.0 Å². The van der Waals surface area contributed by atoms with Crippen molar-refractivity contribution in [2.24, 2.45) is 17.8 Å². The van der Waals surface area contributed by atoms with Gasteiger partial charge in [0.05, 0.1) is 42.2 Å². The number of carbonyl (C=O) groups excluding carboxylic acids is 4. The smallest absolute Gasteiger partial charge is 0.335 e. The molecule has 3 aliphatic heterocycles. The number of nitrogens with one attached hydrogen (secondary N) is 1. The fraction of sp³-hybridized carbons (Fsp3) is 0.294.